The minimum atomic E-state index is 1.21. The highest BCUT2D eigenvalue weighted by Crippen LogP contribution is 2.30. The van der Waals surface area contributed by atoms with Gasteiger partial charge in [-0.3, -0.25) is 0 Å². The van der Waals surface area contributed by atoms with Crippen molar-refractivity contribution >= 4 is 50.2 Å². The molecule has 0 aliphatic heterocycles. The normalized spacial score (nSPS) is 11.7. The second kappa shape index (κ2) is 7.10. The van der Waals surface area contributed by atoms with Gasteiger partial charge in [0.1, 0.15) is 0 Å². The highest BCUT2D eigenvalue weighted by molar-refractivity contribution is 6.06. The van der Waals surface area contributed by atoms with E-state index in [4.69, 9.17) is 0 Å². The Kier molecular flexibility index (Phi) is 4.29. The molecule has 0 N–H and O–H groups in total. The third-order valence-corrected chi connectivity index (χ3v) is 5.60. The molecule has 0 bridgehead atoms. The SMILES string of the molecule is CN(C)c1ccc(C=Cc2cccc3cc4cc5ccccc5cc4cc23)cc1. The number of benzene rings is 5. The van der Waals surface area contributed by atoms with E-state index < -0.39 is 0 Å². The van der Waals surface area contributed by atoms with Gasteiger partial charge in [0.25, 0.3) is 0 Å². The Morgan fingerprint density at radius 3 is 1.86 bits per heavy atom. The fourth-order valence-corrected chi connectivity index (χ4v) is 3.96. The zero-order valence-electron chi connectivity index (χ0n) is 16.8. The molecule has 0 amide bonds. The van der Waals surface area contributed by atoms with Crippen LogP contribution in [0.25, 0.3) is 44.5 Å². The van der Waals surface area contributed by atoms with Gasteiger partial charge in [0.2, 0.25) is 0 Å². The van der Waals surface area contributed by atoms with E-state index in [1.807, 2.05) is 0 Å². The largest absolute Gasteiger partial charge is 0.378 e. The molecule has 0 aromatic heterocycles. The highest BCUT2D eigenvalue weighted by atomic mass is 15.1. The van der Waals surface area contributed by atoms with Crippen LogP contribution < -0.4 is 4.90 Å². The third-order valence-electron chi connectivity index (χ3n) is 5.60. The van der Waals surface area contributed by atoms with Crippen LogP contribution in [0.1, 0.15) is 11.1 Å². The smallest absolute Gasteiger partial charge is 0.0361 e. The van der Waals surface area contributed by atoms with Crippen LogP contribution in [0.5, 0.6) is 0 Å². The fourth-order valence-electron chi connectivity index (χ4n) is 3.96. The molecule has 0 radical (unpaired) electrons. The summed E-state index contributed by atoms with van der Waals surface area (Å²) in [6.07, 6.45) is 4.42. The van der Waals surface area contributed by atoms with Crippen molar-refractivity contribution in [2.24, 2.45) is 0 Å². The average molecular weight is 373 g/mol. The summed E-state index contributed by atoms with van der Waals surface area (Å²) in [5.74, 6) is 0. The van der Waals surface area contributed by atoms with Crippen LogP contribution >= 0.6 is 0 Å². The maximum atomic E-state index is 2.33. The second-order valence-electron chi connectivity index (χ2n) is 7.79. The van der Waals surface area contributed by atoms with Crippen molar-refractivity contribution in [1.29, 1.82) is 0 Å². The Morgan fingerprint density at radius 1 is 0.552 bits per heavy atom. The standard InChI is InChI=1S/C28H23N/c1-29(2)27-14-11-20(12-15-27)10-13-21-8-5-9-24-18-25-16-22-6-3-4-7-23(22)17-26(25)19-28(21)24/h3-19H,1-2H3. The van der Waals surface area contributed by atoms with Crippen LogP contribution in [-0.2, 0) is 0 Å². The average Bonchev–Trinajstić information content (AvgIpc) is 2.75. The van der Waals surface area contributed by atoms with Gasteiger partial charge in [0, 0.05) is 19.8 Å². The van der Waals surface area contributed by atoms with Crippen LogP contribution in [0.3, 0.4) is 0 Å². The van der Waals surface area contributed by atoms with E-state index in [0.29, 0.717) is 0 Å². The van der Waals surface area contributed by atoms with E-state index >= 15 is 0 Å². The van der Waals surface area contributed by atoms with Crippen LogP contribution in [-0.4, -0.2) is 14.1 Å². The maximum Gasteiger partial charge on any atom is 0.0361 e. The van der Waals surface area contributed by atoms with Crippen molar-refractivity contribution in [3.8, 4) is 0 Å². The molecule has 0 aliphatic carbocycles. The number of anilines is 1. The molecule has 0 saturated heterocycles. The molecule has 29 heavy (non-hydrogen) atoms. The second-order valence-corrected chi connectivity index (χ2v) is 7.79. The van der Waals surface area contributed by atoms with Gasteiger partial charge in [-0.15, -0.1) is 0 Å². The lowest BCUT2D eigenvalue weighted by atomic mass is 9.97. The van der Waals surface area contributed by atoms with Gasteiger partial charge < -0.3 is 4.90 Å². The molecule has 5 aromatic rings. The van der Waals surface area contributed by atoms with Crippen molar-refractivity contribution in [1.82, 2.24) is 0 Å². The van der Waals surface area contributed by atoms with Gasteiger partial charge >= 0.3 is 0 Å². The molecule has 0 spiro atoms. The monoisotopic (exact) mass is 373 g/mol. The summed E-state index contributed by atoms with van der Waals surface area (Å²) >= 11 is 0. The topological polar surface area (TPSA) is 3.24 Å². The first-order chi connectivity index (χ1) is 14.2. The van der Waals surface area contributed by atoms with Gasteiger partial charge in [-0.2, -0.15) is 0 Å². The number of nitrogens with zero attached hydrogens (tertiary/aromatic N) is 1. The van der Waals surface area contributed by atoms with E-state index in [2.05, 4.69) is 122 Å². The van der Waals surface area contributed by atoms with Crippen molar-refractivity contribution in [2.75, 3.05) is 19.0 Å². The molecule has 1 nitrogen and oxygen atoms in total. The van der Waals surface area contributed by atoms with Crippen LogP contribution in [0.4, 0.5) is 5.69 Å². The van der Waals surface area contributed by atoms with Crippen molar-refractivity contribution in [2.45, 2.75) is 0 Å². The molecule has 140 valence electrons. The van der Waals surface area contributed by atoms with E-state index in [9.17, 15) is 0 Å². The van der Waals surface area contributed by atoms with Crippen molar-refractivity contribution < 1.29 is 0 Å². The Hall–Kier alpha value is -3.58. The zero-order chi connectivity index (χ0) is 19.8. The van der Waals surface area contributed by atoms with E-state index in [0.717, 1.165) is 0 Å². The number of fused-ring (bicyclic) bond motifs is 3. The molecule has 5 rings (SSSR count). The van der Waals surface area contributed by atoms with E-state index in [1.165, 1.54) is 49.1 Å². The molecular formula is C28H23N. The Balaban J connectivity index is 1.59. The molecule has 0 fully saturated rings. The quantitative estimate of drug-likeness (QED) is 0.235. The van der Waals surface area contributed by atoms with Crippen LogP contribution in [0, 0.1) is 0 Å². The van der Waals surface area contributed by atoms with Crippen LogP contribution in [0.15, 0.2) is 91.0 Å². The molecule has 0 atom stereocenters. The summed E-state index contributed by atoms with van der Waals surface area (Å²) in [6.45, 7) is 0. The first-order valence-corrected chi connectivity index (χ1v) is 9.98. The van der Waals surface area contributed by atoms with Gasteiger partial charge in [-0.25, -0.2) is 0 Å². The van der Waals surface area contributed by atoms with Gasteiger partial charge in [0.15, 0.2) is 0 Å². The number of hydrogen-bond donors (Lipinski definition) is 0. The van der Waals surface area contributed by atoms with Gasteiger partial charge in [-0.1, -0.05) is 66.7 Å². The molecule has 1 heteroatoms. The zero-order valence-corrected chi connectivity index (χ0v) is 16.8. The molecule has 0 aliphatic rings. The highest BCUT2D eigenvalue weighted by Gasteiger charge is 2.04. The van der Waals surface area contributed by atoms with Crippen molar-refractivity contribution in [3.05, 3.63) is 102 Å². The third kappa shape index (κ3) is 3.36. The Bertz CT molecular complexity index is 1360. The molecule has 0 heterocycles. The van der Waals surface area contributed by atoms with Gasteiger partial charge in [-0.05, 0) is 79.8 Å². The summed E-state index contributed by atoms with van der Waals surface area (Å²) in [5.41, 5.74) is 3.67. The lowest BCUT2D eigenvalue weighted by molar-refractivity contribution is 1.13. The maximum absolute atomic E-state index is 2.33. The van der Waals surface area contributed by atoms with E-state index in [-0.39, 0.29) is 0 Å². The minimum Gasteiger partial charge on any atom is -0.378 e. The first-order valence-electron chi connectivity index (χ1n) is 9.98. The van der Waals surface area contributed by atoms with Gasteiger partial charge in [0.05, 0.1) is 0 Å². The predicted molar refractivity (Wildman–Crippen MR) is 129 cm³/mol. The molecular weight excluding hydrogens is 350 g/mol. The summed E-state index contributed by atoms with van der Waals surface area (Å²) in [6, 6.07) is 33.0. The summed E-state index contributed by atoms with van der Waals surface area (Å²) < 4.78 is 0. The summed E-state index contributed by atoms with van der Waals surface area (Å²) in [5, 5.41) is 7.71. The number of rotatable bonds is 3. The van der Waals surface area contributed by atoms with Crippen molar-refractivity contribution in [3.63, 3.8) is 0 Å². The van der Waals surface area contributed by atoms with E-state index in [1.54, 1.807) is 0 Å². The molecule has 0 saturated carbocycles. The predicted octanol–water partition coefficient (Wildman–Crippen LogP) is 7.38. The summed E-state index contributed by atoms with van der Waals surface area (Å²) in [4.78, 5) is 2.12. The lowest BCUT2D eigenvalue weighted by Gasteiger charge is -2.11. The first kappa shape index (κ1) is 17.5. The summed E-state index contributed by atoms with van der Waals surface area (Å²) in [7, 11) is 4.13. The fraction of sp³-hybridized carbons (Fsp3) is 0.0714. The van der Waals surface area contributed by atoms with Crippen LogP contribution in [0.2, 0.25) is 0 Å². The molecule has 0 unspecified atom stereocenters. The Labute approximate surface area is 171 Å². The Morgan fingerprint density at radius 2 is 1.17 bits per heavy atom. The minimum absolute atomic E-state index is 1.21. The molecule has 5 aromatic carbocycles. The number of hydrogen-bond acceptors (Lipinski definition) is 1. The lowest BCUT2D eigenvalue weighted by Crippen LogP contribution is -2.07.